The van der Waals surface area contributed by atoms with Gasteiger partial charge in [-0.05, 0) is 61.5 Å². The number of aliphatic hydroxyl groups excluding tert-OH is 2. The van der Waals surface area contributed by atoms with Crippen molar-refractivity contribution in [3.8, 4) is 0 Å². The maximum absolute atomic E-state index is 10.2. The summed E-state index contributed by atoms with van der Waals surface area (Å²) < 4.78 is 35.7. The molecule has 1 heterocycles. The largest absolute Gasteiger partial charge is 0.396 e. The minimum atomic E-state index is -0.545. The summed E-state index contributed by atoms with van der Waals surface area (Å²) >= 11 is 10.4. The van der Waals surface area contributed by atoms with E-state index in [1.165, 1.54) is 0 Å². The zero-order chi connectivity index (χ0) is 29.7. The van der Waals surface area contributed by atoms with Crippen LogP contribution in [0.5, 0.6) is 0 Å². The van der Waals surface area contributed by atoms with Gasteiger partial charge in [-0.25, -0.2) is 0 Å². The first kappa shape index (κ1) is 40.5. The fourth-order valence-corrected chi connectivity index (χ4v) is 7.00. The summed E-state index contributed by atoms with van der Waals surface area (Å²) in [5.74, 6) is 5.56. The fraction of sp³-hybridized carbons (Fsp3) is 1.00. The third-order valence-corrected chi connectivity index (χ3v) is 10.6. The Balaban J connectivity index is 2.57. The molecule has 2 N–H and O–H groups in total. The Morgan fingerprint density at radius 3 is 1.29 bits per heavy atom. The first-order valence-electron chi connectivity index (χ1n) is 14.9. The van der Waals surface area contributed by atoms with Crippen LogP contribution in [0.25, 0.3) is 0 Å². The Morgan fingerprint density at radius 1 is 0.585 bits per heavy atom. The molecule has 0 amide bonds. The Bertz CT molecular complexity index is 526. The molecule has 8 nitrogen and oxygen atoms in total. The number of thiol groups is 2. The standard InChI is InChI=1S/C28H56O8S5/c29-19-27(21-31-7-1-13-37)23-33-9-3-15-39-16-4-10-34-24-28(20-30,22-32-8-2-14-38)26-36-12-6-18-41-40-17-5-11-35-25-27/h29-30,37-38H,1-26H2. The van der Waals surface area contributed by atoms with Gasteiger partial charge in [-0.15, -0.1) is 0 Å². The molecule has 0 radical (unpaired) electrons. The molecule has 2 unspecified atom stereocenters. The topological polar surface area (TPSA) is 95.8 Å². The van der Waals surface area contributed by atoms with Gasteiger partial charge >= 0.3 is 0 Å². The molecular formula is C28H56O8S5. The Labute approximate surface area is 272 Å². The molecule has 0 aromatic heterocycles. The molecule has 1 fully saturated rings. The van der Waals surface area contributed by atoms with Gasteiger partial charge < -0.3 is 38.6 Å². The normalized spacial score (nSPS) is 26.6. The van der Waals surface area contributed by atoms with Crippen LogP contribution in [0.1, 0.15) is 38.5 Å². The molecule has 1 aliphatic heterocycles. The molecule has 0 spiro atoms. The number of thioether (sulfide) groups is 1. The van der Waals surface area contributed by atoms with Gasteiger partial charge in [0.1, 0.15) is 0 Å². The fourth-order valence-electron chi connectivity index (χ4n) is 3.77. The average Bonchev–Trinajstić information content (AvgIpc) is 2.99. The smallest absolute Gasteiger partial charge is 0.0635 e. The van der Waals surface area contributed by atoms with Gasteiger partial charge in [-0.3, -0.25) is 0 Å². The van der Waals surface area contributed by atoms with E-state index in [1.807, 2.05) is 33.3 Å². The van der Waals surface area contributed by atoms with Crippen LogP contribution in [0.2, 0.25) is 0 Å². The van der Waals surface area contributed by atoms with Crippen molar-refractivity contribution in [1.82, 2.24) is 0 Å². The van der Waals surface area contributed by atoms with Gasteiger partial charge in [0.15, 0.2) is 0 Å². The lowest BCUT2D eigenvalue weighted by Gasteiger charge is -2.31. The second-order valence-electron chi connectivity index (χ2n) is 10.5. The van der Waals surface area contributed by atoms with Crippen molar-refractivity contribution in [2.45, 2.75) is 38.5 Å². The Kier molecular flexibility index (Phi) is 28.5. The number of hydrogen-bond donors (Lipinski definition) is 4. The quantitative estimate of drug-likeness (QED) is 0.135. The van der Waals surface area contributed by atoms with Gasteiger partial charge in [0.2, 0.25) is 0 Å². The van der Waals surface area contributed by atoms with E-state index in [1.54, 1.807) is 0 Å². The maximum atomic E-state index is 10.2. The molecule has 1 rings (SSSR count). The first-order chi connectivity index (χ1) is 20.2. The molecule has 0 saturated carbocycles. The highest BCUT2D eigenvalue weighted by Crippen LogP contribution is 2.24. The number of hydrogen-bond acceptors (Lipinski definition) is 13. The summed E-state index contributed by atoms with van der Waals surface area (Å²) in [6.07, 6.45) is 5.53. The van der Waals surface area contributed by atoms with Crippen molar-refractivity contribution < 1.29 is 38.6 Å². The van der Waals surface area contributed by atoms with Gasteiger partial charge in [-0.2, -0.15) is 37.0 Å². The van der Waals surface area contributed by atoms with Crippen LogP contribution in [0, 0.1) is 10.8 Å². The lowest BCUT2D eigenvalue weighted by Crippen LogP contribution is -2.41. The molecule has 2 atom stereocenters. The summed E-state index contributed by atoms with van der Waals surface area (Å²) in [6.45, 7) is 6.25. The molecule has 0 bridgehead atoms. The zero-order valence-electron chi connectivity index (χ0n) is 24.8. The van der Waals surface area contributed by atoms with Crippen LogP contribution in [0.3, 0.4) is 0 Å². The predicted octanol–water partition coefficient (Wildman–Crippen LogP) is 4.37. The number of ether oxygens (including phenoxy) is 6. The minimum Gasteiger partial charge on any atom is -0.396 e. The average molecular weight is 681 g/mol. The summed E-state index contributed by atoms with van der Waals surface area (Å²) in [7, 11) is 3.69. The van der Waals surface area contributed by atoms with E-state index in [4.69, 9.17) is 28.4 Å². The Morgan fingerprint density at radius 2 is 0.951 bits per heavy atom. The third kappa shape index (κ3) is 21.7. The second-order valence-corrected chi connectivity index (χ2v) is 15.3. The van der Waals surface area contributed by atoms with E-state index in [9.17, 15) is 10.2 Å². The summed E-state index contributed by atoms with van der Waals surface area (Å²) in [5, 5.41) is 20.4. The second kappa shape index (κ2) is 28.9. The van der Waals surface area contributed by atoms with E-state index >= 15 is 0 Å². The van der Waals surface area contributed by atoms with Crippen LogP contribution in [0.4, 0.5) is 0 Å². The van der Waals surface area contributed by atoms with Gasteiger partial charge in [0.05, 0.1) is 63.7 Å². The molecule has 1 saturated heterocycles. The molecule has 246 valence electrons. The summed E-state index contributed by atoms with van der Waals surface area (Å²) in [4.78, 5) is 0. The van der Waals surface area contributed by atoms with Crippen molar-refractivity contribution in [1.29, 1.82) is 0 Å². The minimum absolute atomic E-state index is 0.0331. The monoisotopic (exact) mass is 680 g/mol. The molecular weight excluding hydrogens is 625 g/mol. The van der Waals surface area contributed by atoms with Gasteiger partial charge in [0, 0.05) is 51.1 Å². The van der Waals surface area contributed by atoms with Crippen molar-refractivity contribution in [2.24, 2.45) is 10.8 Å². The predicted molar refractivity (Wildman–Crippen MR) is 182 cm³/mol. The lowest BCUT2D eigenvalue weighted by atomic mass is 9.92. The highest BCUT2D eigenvalue weighted by Gasteiger charge is 2.32. The van der Waals surface area contributed by atoms with Gasteiger partial charge in [0.25, 0.3) is 0 Å². The lowest BCUT2D eigenvalue weighted by molar-refractivity contribution is -0.0924. The molecule has 0 aromatic carbocycles. The van der Waals surface area contributed by atoms with Crippen molar-refractivity contribution in [3.63, 3.8) is 0 Å². The van der Waals surface area contributed by atoms with Crippen LogP contribution in [-0.2, 0) is 28.4 Å². The molecule has 41 heavy (non-hydrogen) atoms. The van der Waals surface area contributed by atoms with Crippen LogP contribution < -0.4 is 0 Å². The van der Waals surface area contributed by atoms with E-state index in [0.29, 0.717) is 79.3 Å². The van der Waals surface area contributed by atoms with Crippen LogP contribution >= 0.6 is 58.6 Å². The SMILES string of the molecule is OCC1(COCCCS)COCCCSCCCOCC(CO)(COCCCS)COCCCSSCCCOC1. The number of rotatable bonds is 12. The van der Waals surface area contributed by atoms with E-state index in [2.05, 4.69) is 25.3 Å². The van der Waals surface area contributed by atoms with E-state index < -0.39 is 10.8 Å². The van der Waals surface area contributed by atoms with Crippen molar-refractivity contribution in [3.05, 3.63) is 0 Å². The molecule has 0 aliphatic carbocycles. The van der Waals surface area contributed by atoms with E-state index in [0.717, 1.165) is 73.0 Å². The third-order valence-electron chi connectivity index (χ3n) is 6.28. The number of aliphatic hydroxyl groups is 2. The highest BCUT2D eigenvalue weighted by molar-refractivity contribution is 8.76. The van der Waals surface area contributed by atoms with E-state index in [-0.39, 0.29) is 13.2 Å². The summed E-state index contributed by atoms with van der Waals surface area (Å²) in [5.41, 5.74) is -1.09. The first-order valence-corrected chi connectivity index (χ1v) is 19.8. The maximum Gasteiger partial charge on any atom is 0.0635 e. The van der Waals surface area contributed by atoms with Crippen LogP contribution in [-0.4, -0.2) is 137 Å². The summed E-state index contributed by atoms with van der Waals surface area (Å²) in [6, 6.07) is 0. The molecule has 13 heteroatoms. The molecule has 1 aliphatic rings. The Hall–Kier alpha value is 1.43. The van der Waals surface area contributed by atoms with Crippen molar-refractivity contribution >= 4 is 58.6 Å². The molecule has 0 aromatic rings. The van der Waals surface area contributed by atoms with Gasteiger partial charge in [-0.1, -0.05) is 21.6 Å². The zero-order valence-corrected chi connectivity index (χ0v) is 29.1. The highest BCUT2D eigenvalue weighted by atomic mass is 33.1. The van der Waals surface area contributed by atoms with Crippen LogP contribution in [0.15, 0.2) is 0 Å². The van der Waals surface area contributed by atoms with Crippen molar-refractivity contribution in [2.75, 3.05) is 127 Å².